The summed E-state index contributed by atoms with van der Waals surface area (Å²) in [6, 6.07) is 10.2. The van der Waals surface area contributed by atoms with Crippen molar-refractivity contribution in [3.05, 3.63) is 65.0 Å². The first-order valence-corrected chi connectivity index (χ1v) is 11.1. The van der Waals surface area contributed by atoms with Crippen molar-refractivity contribution in [2.45, 2.75) is 58.4 Å². The number of nitrogens with zero attached hydrogens (tertiary/aromatic N) is 2. The largest absolute Gasteiger partial charge is 0.507 e. The van der Waals surface area contributed by atoms with Gasteiger partial charge in [-0.3, -0.25) is 14.6 Å². The van der Waals surface area contributed by atoms with Gasteiger partial charge in [0.05, 0.1) is 23.9 Å². The molecule has 32 heavy (non-hydrogen) atoms. The third-order valence-corrected chi connectivity index (χ3v) is 5.83. The standard InChI is InChI=1S/C26H32N2O4/c1-6-7-10-15-28-22(19-11-8-9-14-27-19)21(24(30)25(28)31)23(29)18-16-17(26(2,3)4)12-13-20(18)32-5/h8-9,11-14,16,22,29H,6-7,10,15H2,1-5H3/b23-21+. The van der Waals surface area contributed by atoms with E-state index in [1.165, 1.54) is 12.0 Å². The molecular formula is C26H32N2O4. The van der Waals surface area contributed by atoms with Gasteiger partial charge in [-0.25, -0.2) is 0 Å². The van der Waals surface area contributed by atoms with Crippen molar-refractivity contribution >= 4 is 17.4 Å². The molecule has 3 rings (SSSR count). The number of rotatable bonds is 7. The maximum absolute atomic E-state index is 13.2. The fourth-order valence-corrected chi connectivity index (χ4v) is 3.99. The van der Waals surface area contributed by atoms with Crippen LogP contribution in [0.5, 0.6) is 5.75 Å². The van der Waals surface area contributed by atoms with Gasteiger partial charge in [-0.15, -0.1) is 0 Å². The van der Waals surface area contributed by atoms with E-state index < -0.39 is 17.7 Å². The van der Waals surface area contributed by atoms with Gasteiger partial charge >= 0.3 is 0 Å². The van der Waals surface area contributed by atoms with Gasteiger partial charge in [0.1, 0.15) is 17.6 Å². The van der Waals surface area contributed by atoms with Crippen LogP contribution in [0.4, 0.5) is 0 Å². The third-order valence-electron chi connectivity index (χ3n) is 5.83. The van der Waals surface area contributed by atoms with Crippen molar-refractivity contribution in [3.8, 4) is 5.75 Å². The summed E-state index contributed by atoms with van der Waals surface area (Å²) in [6.45, 7) is 8.71. The number of methoxy groups -OCH3 is 1. The van der Waals surface area contributed by atoms with Crippen molar-refractivity contribution in [1.82, 2.24) is 9.88 Å². The lowest BCUT2D eigenvalue weighted by Crippen LogP contribution is -2.31. The van der Waals surface area contributed by atoms with E-state index in [9.17, 15) is 14.7 Å². The fourth-order valence-electron chi connectivity index (χ4n) is 3.99. The quantitative estimate of drug-likeness (QED) is 0.286. The molecule has 2 aromatic rings. The number of likely N-dealkylation sites (tertiary alicyclic amines) is 1. The van der Waals surface area contributed by atoms with E-state index in [2.05, 4.69) is 32.7 Å². The van der Waals surface area contributed by atoms with Gasteiger partial charge < -0.3 is 14.7 Å². The first-order chi connectivity index (χ1) is 15.2. The topological polar surface area (TPSA) is 79.7 Å². The first-order valence-electron chi connectivity index (χ1n) is 11.1. The van der Waals surface area contributed by atoms with E-state index in [1.807, 2.05) is 18.2 Å². The summed E-state index contributed by atoms with van der Waals surface area (Å²) in [4.78, 5) is 32.1. The highest BCUT2D eigenvalue weighted by Gasteiger charge is 2.46. The van der Waals surface area contributed by atoms with Crippen LogP contribution in [0.2, 0.25) is 0 Å². The Bertz CT molecular complexity index is 1020. The second kappa shape index (κ2) is 9.55. The molecule has 1 atom stereocenters. The molecule has 1 aliphatic heterocycles. The summed E-state index contributed by atoms with van der Waals surface area (Å²) in [5.74, 6) is -1.10. The third kappa shape index (κ3) is 4.54. The van der Waals surface area contributed by atoms with Crippen molar-refractivity contribution in [3.63, 3.8) is 0 Å². The van der Waals surface area contributed by atoms with Gasteiger partial charge in [-0.2, -0.15) is 0 Å². The zero-order chi connectivity index (χ0) is 23.5. The van der Waals surface area contributed by atoms with E-state index in [1.54, 1.807) is 24.4 Å². The average Bonchev–Trinajstić information content (AvgIpc) is 3.03. The number of amides is 1. The first kappa shape index (κ1) is 23.5. The van der Waals surface area contributed by atoms with E-state index in [0.717, 1.165) is 24.8 Å². The monoisotopic (exact) mass is 436 g/mol. The Balaban J connectivity index is 2.20. The smallest absolute Gasteiger partial charge is 0.295 e. The van der Waals surface area contributed by atoms with Crippen molar-refractivity contribution in [2.75, 3.05) is 13.7 Å². The number of benzene rings is 1. The molecule has 1 unspecified atom stereocenters. The summed E-state index contributed by atoms with van der Waals surface area (Å²) in [6.07, 6.45) is 4.34. The Labute approximate surface area is 189 Å². The predicted molar refractivity (Wildman–Crippen MR) is 124 cm³/mol. The molecule has 1 aromatic heterocycles. The van der Waals surface area contributed by atoms with Crippen LogP contribution in [0.15, 0.2) is 48.2 Å². The molecule has 1 fully saturated rings. The molecule has 1 aliphatic rings. The Kier molecular flexibility index (Phi) is 7.02. The molecule has 1 N–H and O–H groups in total. The highest BCUT2D eigenvalue weighted by molar-refractivity contribution is 6.46. The SMILES string of the molecule is CCCCCN1C(=O)C(=O)/C(=C(/O)c2cc(C(C)(C)C)ccc2OC)C1c1ccccn1. The lowest BCUT2D eigenvalue weighted by Gasteiger charge is -2.25. The van der Waals surface area contributed by atoms with E-state index in [0.29, 0.717) is 23.6 Å². The molecular weight excluding hydrogens is 404 g/mol. The fraction of sp³-hybridized carbons (Fsp3) is 0.423. The summed E-state index contributed by atoms with van der Waals surface area (Å²) in [7, 11) is 1.52. The van der Waals surface area contributed by atoms with Gasteiger partial charge in [0.25, 0.3) is 11.7 Å². The van der Waals surface area contributed by atoms with E-state index in [4.69, 9.17) is 4.74 Å². The minimum atomic E-state index is -0.740. The van der Waals surface area contributed by atoms with Gasteiger partial charge in [0.2, 0.25) is 0 Å². The Morgan fingerprint density at radius 1 is 1.16 bits per heavy atom. The van der Waals surface area contributed by atoms with E-state index >= 15 is 0 Å². The lowest BCUT2D eigenvalue weighted by atomic mass is 9.85. The highest BCUT2D eigenvalue weighted by atomic mass is 16.5. The number of aliphatic hydroxyl groups excluding tert-OH is 1. The number of carbonyl (C=O) groups excluding carboxylic acids is 2. The molecule has 6 heteroatoms. The zero-order valence-corrected chi connectivity index (χ0v) is 19.5. The molecule has 0 aliphatic carbocycles. The van der Waals surface area contributed by atoms with Gasteiger partial charge in [-0.1, -0.05) is 52.7 Å². The lowest BCUT2D eigenvalue weighted by molar-refractivity contribution is -0.140. The van der Waals surface area contributed by atoms with Crippen molar-refractivity contribution < 1.29 is 19.4 Å². The van der Waals surface area contributed by atoms with Crippen LogP contribution in [0.25, 0.3) is 5.76 Å². The zero-order valence-electron chi connectivity index (χ0n) is 19.5. The van der Waals surface area contributed by atoms with Crippen molar-refractivity contribution in [2.24, 2.45) is 0 Å². The normalized spacial score (nSPS) is 18.3. The number of pyridine rings is 1. The number of aliphatic hydroxyl groups is 1. The minimum absolute atomic E-state index is 0.0505. The summed E-state index contributed by atoms with van der Waals surface area (Å²) >= 11 is 0. The summed E-state index contributed by atoms with van der Waals surface area (Å²) < 4.78 is 5.48. The Morgan fingerprint density at radius 3 is 2.50 bits per heavy atom. The second-order valence-corrected chi connectivity index (χ2v) is 9.12. The molecule has 1 aromatic carbocycles. The second-order valence-electron chi connectivity index (χ2n) is 9.12. The highest BCUT2D eigenvalue weighted by Crippen LogP contribution is 2.41. The minimum Gasteiger partial charge on any atom is -0.507 e. The maximum Gasteiger partial charge on any atom is 0.295 e. The number of ether oxygens (including phenoxy) is 1. The van der Waals surface area contributed by atoms with Crippen LogP contribution in [-0.4, -0.2) is 40.3 Å². The number of Topliss-reactive ketones (excluding diaryl/α,β-unsaturated/α-hetero) is 1. The van der Waals surface area contributed by atoms with Gasteiger partial charge in [0.15, 0.2) is 0 Å². The van der Waals surface area contributed by atoms with Gasteiger partial charge in [0, 0.05) is 12.7 Å². The number of hydrogen-bond donors (Lipinski definition) is 1. The Morgan fingerprint density at radius 2 is 1.91 bits per heavy atom. The molecule has 1 saturated heterocycles. The summed E-state index contributed by atoms with van der Waals surface area (Å²) in [5.41, 5.74) is 1.80. The molecule has 0 spiro atoms. The van der Waals surface area contributed by atoms with Gasteiger partial charge in [-0.05, 0) is 41.7 Å². The van der Waals surface area contributed by atoms with Crippen LogP contribution in [0.3, 0.4) is 0 Å². The van der Waals surface area contributed by atoms with Crippen LogP contribution >= 0.6 is 0 Å². The van der Waals surface area contributed by atoms with Crippen LogP contribution < -0.4 is 4.74 Å². The predicted octanol–water partition coefficient (Wildman–Crippen LogP) is 5.00. The summed E-state index contributed by atoms with van der Waals surface area (Å²) in [5, 5.41) is 11.4. The molecule has 170 valence electrons. The van der Waals surface area contributed by atoms with E-state index in [-0.39, 0.29) is 16.7 Å². The van der Waals surface area contributed by atoms with Crippen LogP contribution in [-0.2, 0) is 15.0 Å². The van der Waals surface area contributed by atoms with Crippen LogP contribution in [0.1, 0.15) is 69.8 Å². The maximum atomic E-state index is 13.2. The molecule has 0 radical (unpaired) electrons. The molecule has 6 nitrogen and oxygen atoms in total. The molecule has 0 bridgehead atoms. The Hall–Kier alpha value is -3.15. The van der Waals surface area contributed by atoms with Crippen LogP contribution in [0, 0.1) is 0 Å². The molecule has 1 amide bonds. The number of unbranched alkanes of at least 4 members (excludes halogenated alkanes) is 2. The van der Waals surface area contributed by atoms with Crippen molar-refractivity contribution in [1.29, 1.82) is 0 Å². The number of ketones is 1. The molecule has 2 heterocycles. The number of aromatic nitrogens is 1. The number of carbonyl (C=O) groups is 2. The molecule has 0 saturated carbocycles. The number of hydrogen-bond acceptors (Lipinski definition) is 5. The average molecular weight is 437 g/mol.